The third kappa shape index (κ3) is 3.26. The first kappa shape index (κ1) is 12.6. The van der Waals surface area contributed by atoms with Crippen molar-refractivity contribution >= 4 is 15.9 Å². The van der Waals surface area contributed by atoms with E-state index in [-0.39, 0.29) is 18.0 Å². The maximum atomic E-state index is 13.6. The van der Waals surface area contributed by atoms with Crippen molar-refractivity contribution in [2.75, 3.05) is 7.11 Å². The molecule has 2 nitrogen and oxygen atoms in total. The molecule has 0 spiro atoms. The summed E-state index contributed by atoms with van der Waals surface area (Å²) in [4.78, 5) is 0. The van der Waals surface area contributed by atoms with E-state index >= 15 is 0 Å². The highest BCUT2D eigenvalue weighted by Gasteiger charge is 2.15. The van der Waals surface area contributed by atoms with E-state index in [1.807, 2.05) is 6.92 Å². The molecule has 0 radical (unpaired) electrons. The van der Waals surface area contributed by atoms with Gasteiger partial charge in [-0.05, 0) is 35.3 Å². The van der Waals surface area contributed by atoms with Gasteiger partial charge >= 0.3 is 0 Å². The second kappa shape index (κ2) is 5.58. The van der Waals surface area contributed by atoms with Crippen LogP contribution in [0.15, 0.2) is 22.7 Å². The topological polar surface area (TPSA) is 35.2 Å². The molecule has 0 saturated carbocycles. The Morgan fingerprint density at radius 2 is 2.20 bits per heavy atom. The van der Waals surface area contributed by atoms with Gasteiger partial charge in [0.2, 0.25) is 0 Å². The zero-order chi connectivity index (χ0) is 11.4. The highest BCUT2D eigenvalue weighted by Crippen LogP contribution is 2.25. The summed E-state index contributed by atoms with van der Waals surface area (Å²) in [6, 6.07) is 4.80. The van der Waals surface area contributed by atoms with Gasteiger partial charge in [0.05, 0.1) is 10.6 Å². The molecule has 0 aromatic heterocycles. The van der Waals surface area contributed by atoms with E-state index in [1.165, 1.54) is 0 Å². The minimum Gasteiger partial charge on any atom is -0.382 e. The van der Waals surface area contributed by atoms with Crippen LogP contribution in [0.3, 0.4) is 0 Å². The molecule has 2 unspecified atom stereocenters. The second-order valence-corrected chi connectivity index (χ2v) is 4.39. The van der Waals surface area contributed by atoms with Crippen LogP contribution in [0.2, 0.25) is 0 Å². The molecule has 0 saturated heterocycles. The standard InChI is InChI=1S/C11H15BrFNO/c1-7(15-2)6-10(14)8-4-3-5-9(12)11(8)13/h3-5,7,10H,6,14H2,1-2H3. The summed E-state index contributed by atoms with van der Waals surface area (Å²) in [5.74, 6) is -0.284. The Bertz CT molecular complexity index is 332. The minimum atomic E-state index is -0.336. The maximum absolute atomic E-state index is 13.6. The number of methoxy groups -OCH3 is 1. The number of nitrogens with two attached hydrogens (primary N) is 1. The van der Waals surface area contributed by atoms with E-state index in [0.717, 1.165) is 0 Å². The SMILES string of the molecule is COC(C)CC(N)c1cccc(Br)c1F. The van der Waals surface area contributed by atoms with Gasteiger partial charge < -0.3 is 10.5 Å². The lowest BCUT2D eigenvalue weighted by atomic mass is 10.0. The molecule has 0 aliphatic carbocycles. The molecule has 84 valence electrons. The summed E-state index contributed by atoms with van der Waals surface area (Å²) in [5, 5.41) is 0. The van der Waals surface area contributed by atoms with Gasteiger partial charge in [0.15, 0.2) is 0 Å². The lowest BCUT2D eigenvalue weighted by Crippen LogP contribution is -2.19. The fourth-order valence-corrected chi connectivity index (χ4v) is 1.77. The molecule has 1 rings (SSSR count). The van der Waals surface area contributed by atoms with Crippen molar-refractivity contribution in [3.63, 3.8) is 0 Å². The molecule has 0 amide bonds. The molecule has 0 aliphatic rings. The number of hydrogen-bond donors (Lipinski definition) is 1. The van der Waals surface area contributed by atoms with Crippen LogP contribution in [0.5, 0.6) is 0 Å². The van der Waals surface area contributed by atoms with Crippen molar-refractivity contribution in [1.82, 2.24) is 0 Å². The van der Waals surface area contributed by atoms with Crippen LogP contribution in [-0.2, 0) is 4.74 Å². The first-order chi connectivity index (χ1) is 7.06. The largest absolute Gasteiger partial charge is 0.382 e. The zero-order valence-corrected chi connectivity index (χ0v) is 10.4. The van der Waals surface area contributed by atoms with Gasteiger partial charge in [-0.25, -0.2) is 4.39 Å². The quantitative estimate of drug-likeness (QED) is 0.917. The smallest absolute Gasteiger partial charge is 0.142 e. The number of hydrogen-bond acceptors (Lipinski definition) is 2. The lowest BCUT2D eigenvalue weighted by molar-refractivity contribution is 0.104. The van der Waals surface area contributed by atoms with Gasteiger partial charge in [-0.3, -0.25) is 0 Å². The average Bonchev–Trinajstić information content (AvgIpc) is 2.21. The van der Waals surface area contributed by atoms with Crippen molar-refractivity contribution in [3.8, 4) is 0 Å². The summed E-state index contributed by atoms with van der Waals surface area (Å²) < 4.78 is 19.2. The molecule has 2 atom stereocenters. The van der Waals surface area contributed by atoms with E-state index in [2.05, 4.69) is 15.9 Å². The van der Waals surface area contributed by atoms with E-state index in [0.29, 0.717) is 16.5 Å². The molecule has 1 aromatic rings. The van der Waals surface area contributed by atoms with Gasteiger partial charge in [-0.15, -0.1) is 0 Å². The summed E-state index contributed by atoms with van der Waals surface area (Å²) >= 11 is 3.14. The third-order valence-corrected chi connectivity index (χ3v) is 2.98. The zero-order valence-electron chi connectivity index (χ0n) is 8.84. The number of rotatable bonds is 4. The first-order valence-corrected chi connectivity index (χ1v) is 5.57. The van der Waals surface area contributed by atoms with Crippen LogP contribution >= 0.6 is 15.9 Å². The fourth-order valence-electron chi connectivity index (χ4n) is 1.39. The molecule has 0 fully saturated rings. The maximum Gasteiger partial charge on any atom is 0.142 e. The van der Waals surface area contributed by atoms with Crippen LogP contribution in [0, 0.1) is 5.82 Å². The second-order valence-electron chi connectivity index (χ2n) is 3.53. The molecule has 4 heteroatoms. The predicted octanol–water partition coefficient (Wildman–Crippen LogP) is 3.01. The lowest BCUT2D eigenvalue weighted by Gasteiger charge is -2.17. The Kier molecular flexibility index (Phi) is 4.70. The Hall–Kier alpha value is -0.450. The molecule has 0 bridgehead atoms. The Balaban J connectivity index is 2.82. The summed E-state index contributed by atoms with van der Waals surface area (Å²) in [6.07, 6.45) is 0.627. The van der Waals surface area contributed by atoms with Crippen LogP contribution in [-0.4, -0.2) is 13.2 Å². The van der Waals surface area contributed by atoms with Crippen LogP contribution in [0.1, 0.15) is 24.9 Å². The average molecular weight is 276 g/mol. The molecular weight excluding hydrogens is 261 g/mol. The molecule has 1 aromatic carbocycles. The number of benzene rings is 1. The van der Waals surface area contributed by atoms with Gasteiger partial charge in [-0.2, -0.15) is 0 Å². The van der Waals surface area contributed by atoms with Gasteiger partial charge in [0, 0.05) is 18.7 Å². The molecular formula is C11H15BrFNO. The molecule has 0 heterocycles. The fraction of sp³-hybridized carbons (Fsp3) is 0.455. The van der Waals surface area contributed by atoms with E-state index in [4.69, 9.17) is 10.5 Å². The van der Waals surface area contributed by atoms with Gasteiger partial charge in [0.25, 0.3) is 0 Å². The van der Waals surface area contributed by atoms with E-state index < -0.39 is 0 Å². The van der Waals surface area contributed by atoms with Gasteiger partial charge in [-0.1, -0.05) is 12.1 Å². The highest BCUT2D eigenvalue weighted by molar-refractivity contribution is 9.10. The minimum absolute atomic E-state index is 0.0263. The molecule has 15 heavy (non-hydrogen) atoms. The number of halogens is 2. The van der Waals surface area contributed by atoms with Crippen molar-refractivity contribution in [2.24, 2.45) is 5.73 Å². The highest BCUT2D eigenvalue weighted by atomic mass is 79.9. The van der Waals surface area contributed by atoms with Crippen molar-refractivity contribution in [1.29, 1.82) is 0 Å². The van der Waals surface area contributed by atoms with Crippen LogP contribution in [0.25, 0.3) is 0 Å². The van der Waals surface area contributed by atoms with Crippen molar-refractivity contribution in [3.05, 3.63) is 34.1 Å². The normalized spacial score (nSPS) is 15.0. The van der Waals surface area contributed by atoms with Crippen LogP contribution in [0.4, 0.5) is 4.39 Å². The summed E-state index contributed by atoms with van der Waals surface area (Å²) in [7, 11) is 1.62. The first-order valence-electron chi connectivity index (χ1n) is 4.78. The monoisotopic (exact) mass is 275 g/mol. The third-order valence-electron chi connectivity index (χ3n) is 2.37. The van der Waals surface area contributed by atoms with Crippen molar-refractivity contribution < 1.29 is 9.13 Å². The Labute approximate surface area is 97.7 Å². The molecule has 0 aliphatic heterocycles. The number of ether oxygens (including phenoxy) is 1. The van der Waals surface area contributed by atoms with Gasteiger partial charge in [0.1, 0.15) is 5.82 Å². The van der Waals surface area contributed by atoms with E-state index in [9.17, 15) is 4.39 Å². The van der Waals surface area contributed by atoms with E-state index in [1.54, 1.807) is 25.3 Å². The van der Waals surface area contributed by atoms with Crippen LogP contribution < -0.4 is 5.73 Å². The van der Waals surface area contributed by atoms with Crippen molar-refractivity contribution in [2.45, 2.75) is 25.5 Å². The Morgan fingerprint density at radius 1 is 1.53 bits per heavy atom. The summed E-state index contributed by atoms with van der Waals surface area (Å²) in [6.45, 7) is 1.91. The predicted molar refractivity (Wildman–Crippen MR) is 62.1 cm³/mol. The molecule has 2 N–H and O–H groups in total. The summed E-state index contributed by atoms with van der Waals surface area (Å²) in [5.41, 5.74) is 6.42. The Morgan fingerprint density at radius 3 is 2.80 bits per heavy atom.